The van der Waals surface area contributed by atoms with Crippen LogP contribution in [0.2, 0.25) is 0 Å². The van der Waals surface area contributed by atoms with Crippen LogP contribution in [0.1, 0.15) is 18.4 Å². The van der Waals surface area contributed by atoms with Crippen LogP contribution in [0, 0.1) is 18.8 Å². The number of aromatic nitrogens is 1. The number of ether oxygens (including phenoxy) is 1. The molecule has 1 aromatic rings. The zero-order valence-electron chi connectivity index (χ0n) is 12.3. The number of pyridine rings is 1. The van der Waals surface area contributed by atoms with E-state index < -0.39 is 0 Å². The Bertz CT molecular complexity index is 431. The number of hydrogen-bond acceptors (Lipinski definition) is 4. The van der Waals surface area contributed by atoms with Gasteiger partial charge < -0.3 is 15.0 Å². The van der Waals surface area contributed by atoms with Crippen molar-refractivity contribution in [2.75, 3.05) is 44.7 Å². The number of nitrogens with zero attached hydrogens (tertiary/aromatic N) is 2. The zero-order valence-corrected chi connectivity index (χ0v) is 12.3. The molecule has 2 aliphatic heterocycles. The maximum Gasteiger partial charge on any atom is 0.126 e. The number of anilines is 1. The van der Waals surface area contributed by atoms with Gasteiger partial charge in [-0.1, -0.05) is 0 Å². The summed E-state index contributed by atoms with van der Waals surface area (Å²) in [4.78, 5) is 6.97. The zero-order chi connectivity index (χ0) is 13.8. The molecule has 110 valence electrons. The standard InChI is InChI=1S/C16H25N3O/c1-13-2-5-17-16(8-13)18-9-14-3-6-19(10-14)11-15-4-7-20-12-15/h2,5,8,14-15H,3-4,6-7,9-12H2,1H3,(H,17,18)/t14-,15-/m1/s1. The Kier molecular flexibility index (Phi) is 4.53. The molecule has 0 amide bonds. The lowest BCUT2D eigenvalue weighted by Gasteiger charge is -2.19. The van der Waals surface area contributed by atoms with Crippen molar-refractivity contribution in [3.63, 3.8) is 0 Å². The van der Waals surface area contributed by atoms with Crippen molar-refractivity contribution in [3.8, 4) is 0 Å². The van der Waals surface area contributed by atoms with Crippen molar-refractivity contribution in [3.05, 3.63) is 23.9 Å². The number of hydrogen-bond donors (Lipinski definition) is 1. The molecule has 1 N–H and O–H groups in total. The second kappa shape index (κ2) is 6.55. The molecule has 4 heteroatoms. The molecule has 2 fully saturated rings. The first-order chi connectivity index (χ1) is 9.79. The van der Waals surface area contributed by atoms with E-state index in [9.17, 15) is 0 Å². The summed E-state index contributed by atoms with van der Waals surface area (Å²) in [5, 5.41) is 3.48. The predicted octanol–water partition coefficient (Wildman–Crippen LogP) is 2.16. The van der Waals surface area contributed by atoms with Crippen LogP contribution in [0.3, 0.4) is 0 Å². The van der Waals surface area contributed by atoms with Crippen LogP contribution in [-0.2, 0) is 4.74 Å². The lowest BCUT2D eigenvalue weighted by molar-refractivity contribution is 0.173. The highest BCUT2D eigenvalue weighted by molar-refractivity contribution is 5.36. The third-order valence-corrected chi connectivity index (χ3v) is 4.40. The van der Waals surface area contributed by atoms with E-state index >= 15 is 0 Å². The summed E-state index contributed by atoms with van der Waals surface area (Å²) in [6.07, 6.45) is 4.41. The summed E-state index contributed by atoms with van der Waals surface area (Å²) >= 11 is 0. The molecule has 0 bridgehead atoms. The third kappa shape index (κ3) is 3.70. The lowest BCUT2D eigenvalue weighted by Crippen LogP contribution is -2.28. The van der Waals surface area contributed by atoms with Crippen LogP contribution in [0.15, 0.2) is 18.3 Å². The van der Waals surface area contributed by atoms with Gasteiger partial charge in [0.05, 0.1) is 6.61 Å². The average molecular weight is 275 g/mol. The summed E-state index contributed by atoms with van der Waals surface area (Å²) < 4.78 is 5.46. The first-order valence-corrected chi connectivity index (χ1v) is 7.76. The molecule has 0 unspecified atom stereocenters. The third-order valence-electron chi connectivity index (χ3n) is 4.40. The molecule has 0 saturated carbocycles. The van der Waals surface area contributed by atoms with E-state index in [1.54, 1.807) is 0 Å². The van der Waals surface area contributed by atoms with E-state index in [0.29, 0.717) is 0 Å². The normalized spacial score (nSPS) is 27.1. The fraction of sp³-hybridized carbons (Fsp3) is 0.688. The van der Waals surface area contributed by atoms with Crippen molar-refractivity contribution in [2.45, 2.75) is 19.8 Å². The molecule has 20 heavy (non-hydrogen) atoms. The summed E-state index contributed by atoms with van der Waals surface area (Å²) in [6.45, 7) is 8.75. The Morgan fingerprint density at radius 3 is 3.15 bits per heavy atom. The number of aryl methyl sites for hydroxylation is 1. The van der Waals surface area contributed by atoms with E-state index in [2.05, 4.69) is 28.2 Å². The Morgan fingerprint density at radius 2 is 2.35 bits per heavy atom. The van der Waals surface area contributed by atoms with Gasteiger partial charge in [-0.2, -0.15) is 0 Å². The first-order valence-electron chi connectivity index (χ1n) is 7.76. The van der Waals surface area contributed by atoms with E-state index in [1.807, 2.05) is 12.3 Å². The van der Waals surface area contributed by atoms with Gasteiger partial charge in [-0.15, -0.1) is 0 Å². The van der Waals surface area contributed by atoms with Crippen molar-refractivity contribution in [2.24, 2.45) is 11.8 Å². The number of likely N-dealkylation sites (tertiary alicyclic amines) is 1. The monoisotopic (exact) mass is 275 g/mol. The lowest BCUT2D eigenvalue weighted by atomic mass is 10.1. The van der Waals surface area contributed by atoms with E-state index in [-0.39, 0.29) is 0 Å². The van der Waals surface area contributed by atoms with E-state index in [0.717, 1.165) is 37.4 Å². The Morgan fingerprint density at radius 1 is 1.40 bits per heavy atom. The van der Waals surface area contributed by atoms with Gasteiger partial charge in [-0.25, -0.2) is 4.98 Å². The van der Waals surface area contributed by atoms with Gasteiger partial charge in [-0.3, -0.25) is 0 Å². The molecule has 0 aliphatic carbocycles. The van der Waals surface area contributed by atoms with Gasteiger partial charge in [0.2, 0.25) is 0 Å². The summed E-state index contributed by atoms with van der Waals surface area (Å²) in [5.41, 5.74) is 1.26. The van der Waals surface area contributed by atoms with Crippen LogP contribution in [0.5, 0.6) is 0 Å². The second-order valence-electron chi connectivity index (χ2n) is 6.24. The Hall–Kier alpha value is -1.13. The molecule has 1 aromatic heterocycles. The maximum atomic E-state index is 5.46. The summed E-state index contributed by atoms with van der Waals surface area (Å²) in [6, 6.07) is 4.15. The molecule has 2 atom stereocenters. The van der Waals surface area contributed by atoms with Gasteiger partial charge in [0.15, 0.2) is 0 Å². The molecule has 0 radical (unpaired) electrons. The van der Waals surface area contributed by atoms with Crippen LogP contribution in [-0.4, -0.2) is 49.3 Å². The Balaban J connectivity index is 1.41. The molecule has 3 heterocycles. The van der Waals surface area contributed by atoms with Gasteiger partial charge in [0, 0.05) is 32.4 Å². The molecule has 3 rings (SSSR count). The smallest absolute Gasteiger partial charge is 0.126 e. The highest BCUT2D eigenvalue weighted by Gasteiger charge is 2.26. The molecule has 0 aromatic carbocycles. The van der Waals surface area contributed by atoms with Gasteiger partial charge in [-0.05, 0) is 55.8 Å². The topological polar surface area (TPSA) is 37.4 Å². The summed E-state index contributed by atoms with van der Waals surface area (Å²) in [5.74, 6) is 2.52. The minimum absolute atomic E-state index is 0.750. The van der Waals surface area contributed by atoms with Crippen molar-refractivity contribution >= 4 is 5.82 Å². The van der Waals surface area contributed by atoms with E-state index in [1.165, 1.54) is 38.0 Å². The fourth-order valence-electron chi connectivity index (χ4n) is 3.22. The van der Waals surface area contributed by atoms with Crippen LogP contribution in [0.4, 0.5) is 5.82 Å². The van der Waals surface area contributed by atoms with Gasteiger partial charge in [0.25, 0.3) is 0 Å². The fourth-order valence-corrected chi connectivity index (χ4v) is 3.22. The van der Waals surface area contributed by atoms with Gasteiger partial charge >= 0.3 is 0 Å². The molecule has 4 nitrogen and oxygen atoms in total. The first kappa shape index (κ1) is 13.8. The highest BCUT2D eigenvalue weighted by Crippen LogP contribution is 2.21. The predicted molar refractivity (Wildman–Crippen MR) is 80.9 cm³/mol. The van der Waals surface area contributed by atoms with E-state index in [4.69, 9.17) is 4.74 Å². The van der Waals surface area contributed by atoms with Crippen molar-refractivity contribution in [1.29, 1.82) is 0 Å². The van der Waals surface area contributed by atoms with Crippen molar-refractivity contribution in [1.82, 2.24) is 9.88 Å². The Labute approximate surface area is 121 Å². The SMILES string of the molecule is Cc1ccnc(NC[C@H]2CCN(C[C@H]3CCOC3)C2)c1. The average Bonchev–Trinajstić information content (AvgIpc) is 3.09. The quantitative estimate of drug-likeness (QED) is 0.893. The van der Waals surface area contributed by atoms with Crippen LogP contribution < -0.4 is 5.32 Å². The summed E-state index contributed by atoms with van der Waals surface area (Å²) in [7, 11) is 0. The van der Waals surface area contributed by atoms with Crippen molar-refractivity contribution < 1.29 is 4.74 Å². The largest absolute Gasteiger partial charge is 0.381 e. The minimum Gasteiger partial charge on any atom is -0.381 e. The molecule has 2 aliphatic rings. The number of rotatable bonds is 5. The second-order valence-corrected chi connectivity index (χ2v) is 6.24. The molecular weight excluding hydrogens is 250 g/mol. The highest BCUT2D eigenvalue weighted by atomic mass is 16.5. The van der Waals surface area contributed by atoms with Crippen LogP contribution >= 0.6 is 0 Å². The van der Waals surface area contributed by atoms with Crippen LogP contribution in [0.25, 0.3) is 0 Å². The maximum absolute atomic E-state index is 5.46. The molecule has 2 saturated heterocycles. The number of nitrogens with one attached hydrogen (secondary N) is 1. The minimum atomic E-state index is 0.750. The van der Waals surface area contributed by atoms with Gasteiger partial charge in [0.1, 0.15) is 5.82 Å². The molecular formula is C16H25N3O. The molecule has 0 spiro atoms.